The zero-order valence-corrected chi connectivity index (χ0v) is 62.1. The maximum absolute atomic E-state index is 12.5. The van der Waals surface area contributed by atoms with E-state index in [9.17, 15) is 42.7 Å². The van der Waals surface area contributed by atoms with Crippen molar-refractivity contribution in [1.82, 2.24) is 19.6 Å². The highest BCUT2D eigenvalue weighted by atomic mass is 127. The van der Waals surface area contributed by atoms with Crippen molar-refractivity contribution in [2.24, 2.45) is 22.7 Å². The maximum Gasteiger partial charge on any atom is 0.410 e. The van der Waals surface area contributed by atoms with Crippen LogP contribution in [0.3, 0.4) is 0 Å². The Morgan fingerprint density at radius 2 is 0.775 bits per heavy atom. The number of ether oxygens (including phenoxy) is 4. The number of likely N-dealkylation sites (tertiary alicyclic amines) is 4. The Balaban J connectivity index is 0. The molecule has 4 saturated heterocycles. The van der Waals surface area contributed by atoms with E-state index >= 15 is 0 Å². The fourth-order valence-corrected chi connectivity index (χ4v) is 10.7. The first-order valence-corrected chi connectivity index (χ1v) is 35.9. The number of hydrogen-bond donors (Lipinski definition) is 0. The molecule has 4 aliphatic heterocycles. The summed E-state index contributed by atoms with van der Waals surface area (Å²) in [5.74, 6) is 0.887. The third kappa shape index (κ3) is 40.3. The van der Waals surface area contributed by atoms with Gasteiger partial charge in [0, 0.05) is 74.8 Å². The highest BCUT2D eigenvalue weighted by molar-refractivity contribution is 14.1. The molecule has 4 atom stereocenters. The number of alkyl halides is 2. The Bertz CT molecular complexity index is 3120. The van der Waals surface area contributed by atoms with Crippen LogP contribution in [0, 0.1) is 22.7 Å². The molecule has 0 bridgehead atoms. The Kier molecular flexibility index (Phi) is 54.1. The van der Waals surface area contributed by atoms with Crippen molar-refractivity contribution in [3.63, 3.8) is 0 Å². The number of hydrogen-bond acceptors (Lipinski definition) is 20. The van der Waals surface area contributed by atoms with Crippen LogP contribution in [0.15, 0.2) is 121 Å². The van der Waals surface area contributed by atoms with Crippen molar-refractivity contribution in [1.29, 1.82) is 0 Å². The van der Waals surface area contributed by atoms with Gasteiger partial charge in [-0.15, -0.1) is 0 Å². The lowest BCUT2D eigenvalue weighted by atomic mass is 9.77. The van der Waals surface area contributed by atoms with Crippen molar-refractivity contribution < 1.29 is 101 Å². The number of nitrogens with zero attached hydrogens (tertiary/aromatic N) is 4. The number of Topliss-reactive ketones (excluding diaryl/α,β-unsaturated/α-hetero) is 4. The fraction of sp³-hybridized carbons (Fsp3) is 0.526. The summed E-state index contributed by atoms with van der Waals surface area (Å²) in [6.07, 6.45) is 13.1. The zero-order valence-electron chi connectivity index (χ0n) is 60.9. The Morgan fingerprint density at radius 1 is 0.451 bits per heavy atom. The van der Waals surface area contributed by atoms with E-state index in [1.165, 1.54) is 0 Å². The Morgan fingerprint density at radius 3 is 1.16 bits per heavy atom. The van der Waals surface area contributed by atoms with E-state index in [1.807, 2.05) is 168 Å². The molecule has 4 fully saturated rings. The number of halogens is 2. The van der Waals surface area contributed by atoms with Crippen LogP contribution in [0.4, 0.5) is 23.6 Å². The topological polar surface area (TPSA) is 323 Å². The average Bonchev–Trinajstić information content (AvgIpc) is 0.838. The van der Waals surface area contributed by atoms with E-state index in [0.29, 0.717) is 52.1 Å². The van der Waals surface area contributed by atoms with Gasteiger partial charge in [0.1, 0.15) is 38.0 Å². The number of rotatable bonds is 12. The first-order valence-electron chi connectivity index (χ1n) is 34.4. The molecule has 4 heterocycles. The van der Waals surface area contributed by atoms with Gasteiger partial charge >= 0.3 is 49.0 Å². The van der Waals surface area contributed by atoms with Crippen molar-refractivity contribution in [3.8, 4) is 0 Å². The molecule has 26 heteroatoms. The summed E-state index contributed by atoms with van der Waals surface area (Å²) in [6.45, 7) is 16.9. The van der Waals surface area contributed by atoms with Crippen LogP contribution in [0.2, 0.25) is 0 Å². The van der Waals surface area contributed by atoms with E-state index in [4.69, 9.17) is 58.7 Å². The van der Waals surface area contributed by atoms with Crippen molar-refractivity contribution in [2.45, 2.75) is 171 Å². The van der Waals surface area contributed by atoms with Gasteiger partial charge in [-0.25, -0.2) is 19.2 Å². The van der Waals surface area contributed by atoms with Gasteiger partial charge in [0.25, 0.3) is 0 Å². The number of amides is 4. The van der Waals surface area contributed by atoms with Gasteiger partial charge in [0.15, 0.2) is 11.6 Å². The molecule has 560 valence electrons. The van der Waals surface area contributed by atoms with Crippen molar-refractivity contribution >= 4 is 94.7 Å². The summed E-state index contributed by atoms with van der Waals surface area (Å²) in [5.41, 5.74) is 3.09. The summed E-state index contributed by atoms with van der Waals surface area (Å²) < 4.78 is 36.9. The van der Waals surface area contributed by atoms with E-state index in [0.717, 1.165) is 112 Å². The van der Waals surface area contributed by atoms with E-state index < -0.39 is 18.7 Å². The summed E-state index contributed by atoms with van der Waals surface area (Å²) in [6, 6.07) is 38.4. The minimum absolute atomic E-state index is 0.0467. The zero-order chi connectivity index (χ0) is 77.7. The second-order valence-electron chi connectivity index (χ2n) is 23.9. The molecule has 4 aromatic carbocycles. The largest absolute Gasteiger partial charge is 0.445 e. The normalized spacial score (nSPS) is 18.5. The third-order valence-corrected chi connectivity index (χ3v) is 17.1. The summed E-state index contributed by atoms with van der Waals surface area (Å²) in [4.78, 5) is 171. The molecule has 8 rings (SSSR count). The predicted molar refractivity (Wildman–Crippen MR) is 380 cm³/mol. The summed E-state index contributed by atoms with van der Waals surface area (Å²) >= 11 is 2.15. The smallest absolute Gasteiger partial charge is 0.410 e. The fourth-order valence-electron chi connectivity index (χ4n) is 10.7. The number of benzene rings is 4. The molecule has 0 radical (unpaired) electrons. The first kappa shape index (κ1) is 92.8. The summed E-state index contributed by atoms with van der Waals surface area (Å²) in [5, 5.41) is 0. The van der Waals surface area contributed by atoms with Crippen molar-refractivity contribution in [2.75, 3.05) is 64.4 Å². The van der Waals surface area contributed by atoms with Crippen LogP contribution in [0.5, 0.6) is 0 Å². The molecule has 0 aromatic heterocycles. The van der Waals surface area contributed by atoms with Crippen LogP contribution in [0.1, 0.15) is 168 Å². The van der Waals surface area contributed by atoms with Gasteiger partial charge in [-0.05, 0) is 104 Å². The molecule has 4 unspecified atom stereocenters. The predicted octanol–water partition coefficient (Wildman–Crippen LogP) is 13.7. The Labute approximate surface area is 614 Å². The standard InChI is InChI=1S/2C18H25NO3.2C17H23NO3.CH3F.CH3I.4CO2/c1-3-18(2)11-7-8-12-19(13-16(18)20)17(21)22-14-15-9-5-4-6-10-15;1-3-18(2)14-19(12-8-7-11-16(18)20)17(21)22-13-15-9-5-4-6-10-15;1-2-15-12-18(11-7-6-10-16(15)19)17(20)21-13-14-8-4-3-5-9-14;1-2-15-10-6-7-11-18(12-16(15)19)17(20)21-13-14-8-4-3-5-9-14;2*1-2;4*2-1-3/h2*4-6,9-10H,3,7-8,11-14H2,1-2H3;2*3-5,8-9,15H,2,6-7,10-13H2,1H3;2*1H3;;;;/i;;;;1D;;;;;. The molecular formula is C76H102FIN4O20. The monoisotopic (exact) mass is 1540 g/mol. The maximum atomic E-state index is 12.5. The van der Waals surface area contributed by atoms with Crippen LogP contribution in [-0.4, -0.2) is 156 Å². The Hall–Kier alpha value is -9.18. The minimum Gasteiger partial charge on any atom is -0.445 e. The highest BCUT2D eigenvalue weighted by Gasteiger charge is 2.37. The third-order valence-electron chi connectivity index (χ3n) is 17.1. The molecule has 0 saturated carbocycles. The second kappa shape index (κ2) is 59.5. The number of carbonyl (C=O) groups is 8. The lowest BCUT2D eigenvalue weighted by Gasteiger charge is -2.35. The van der Waals surface area contributed by atoms with Crippen LogP contribution in [-0.2, 0) is 103 Å². The van der Waals surface area contributed by atoms with Gasteiger partial charge in [-0.2, -0.15) is 38.4 Å². The van der Waals surface area contributed by atoms with Crippen LogP contribution < -0.4 is 0 Å². The molecular weight excluding hydrogens is 1430 g/mol. The SMILES string of the molecule is CCC1(C)CCCCN(C(=O)OCc2ccccc2)CC1=O.CCC1(C)CN(C(=O)OCc2ccccc2)CCCCC1=O.CCC1CCCCN(C(=O)OCc2ccccc2)CC1=O.CCC1CN(C(=O)OCc2ccccc2)CCCCC1=O.CI.O=C=O.O=C=O.O=C=O.O=C=O.[2H]CF. The first-order chi connectivity index (χ1) is 49.6. The molecule has 0 spiro atoms. The lowest BCUT2D eigenvalue weighted by Crippen LogP contribution is -2.45. The molecule has 4 amide bonds. The van der Waals surface area contributed by atoms with Gasteiger partial charge < -0.3 is 38.5 Å². The summed E-state index contributed by atoms with van der Waals surface area (Å²) in [7, 11) is -1.00. The number of carbonyl (C=O) groups excluding carboxylic acids is 16. The molecule has 4 aliphatic rings. The number of ketones is 4. The quantitative estimate of drug-likeness (QED) is 0.0722. The van der Waals surface area contributed by atoms with Crippen molar-refractivity contribution in [3.05, 3.63) is 144 Å². The van der Waals surface area contributed by atoms with Gasteiger partial charge in [-0.1, -0.05) is 198 Å². The highest BCUT2D eigenvalue weighted by Crippen LogP contribution is 2.32. The lowest BCUT2D eigenvalue weighted by molar-refractivity contribution is -0.193. The van der Waals surface area contributed by atoms with Crippen LogP contribution >= 0.6 is 22.6 Å². The molecule has 0 aliphatic carbocycles. The van der Waals surface area contributed by atoms with Gasteiger partial charge in [-0.3, -0.25) is 23.6 Å². The van der Waals surface area contributed by atoms with E-state index in [1.54, 1.807) is 19.6 Å². The van der Waals surface area contributed by atoms with Crippen LogP contribution in [0.25, 0.3) is 0 Å². The van der Waals surface area contributed by atoms with Gasteiger partial charge in [0.2, 0.25) is 0 Å². The van der Waals surface area contributed by atoms with E-state index in [2.05, 4.69) is 22.6 Å². The molecule has 0 N–H and O–H groups in total. The molecule has 4 aromatic rings. The minimum atomic E-state index is -1.00. The molecule has 24 nitrogen and oxygen atoms in total. The molecule has 102 heavy (non-hydrogen) atoms. The van der Waals surface area contributed by atoms with E-state index in [-0.39, 0.29) is 123 Å². The second-order valence-corrected chi connectivity index (χ2v) is 23.9. The van der Waals surface area contributed by atoms with Gasteiger partial charge in [0.05, 0.1) is 21.6 Å². The average molecular weight is 1540 g/mol.